The van der Waals surface area contributed by atoms with Gasteiger partial charge in [-0.1, -0.05) is 31.4 Å². The Morgan fingerprint density at radius 1 is 0.947 bits per heavy atom. The summed E-state index contributed by atoms with van der Waals surface area (Å²) in [5.41, 5.74) is 18.7. The van der Waals surface area contributed by atoms with Crippen molar-refractivity contribution in [1.29, 1.82) is 0 Å². The summed E-state index contributed by atoms with van der Waals surface area (Å²) in [7, 11) is 0. The minimum atomic E-state index is 0.0730. The maximum Gasteiger partial charge on any atom is 0.390 e. The van der Waals surface area contributed by atoms with Gasteiger partial charge in [-0.3, -0.25) is 17.2 Å². The van der Waals surface area contributed by atoms with Crippen LogP contribution < -0.4 is 27.2 Å². The molecule has 1 aliphatic carbocycles. The number of guanidine groups is 2. The molecule has 0 saturated heterocycles. The van der Waals surface area contributed by atoms with E-state index in [1.807, 2.05) is 12.1 Å². The average molecular weight is 261 g/mol. The van der Waals surface area contributed by atoms with Crippen molar-refractivity contribution in [2.45, 2.75) is 38.0 Å². The van der Waals surface area contributed by atoms with Crippen molar-refractivity contribution >= 4 is 17.6 Å². The normalized spacial score (nSPS) is 17.2. The van der Waals surface area contributed by atoms with Crippen molar-refractivity contribution in [3.05, 3.63) is 29.8 Å². The summed E-state index contributed by atoms with van der Waals surface area (Å²) in [6, 6.07) is 8.40. The third-order valence-corrected chi connectivity index (χ3v) is 3.55. The van der Waals surface area contributed by atoms with Gasteiger partial charge in [0.25, 0.3) is 0 Å². The van der Waals surface area contributed by atoms with Crippen LogP contribution in [0.1, 0.15) is 43.6 Å². The molecule has 0 unspecified atom stereocenters. The van der Waals surface area contributed by atoms with E-state index in [0.717, 1.165) is 11.6 Å². The quantitative estimate of drug-likeness (QED) is 0.317. The molecule has 1 aliphatic rings. The molecule has 0 radical (unpaired) electrons. The Labute approximate surface area is 113 Å². The Bertz CT molecular complexity index is 465. The number of nitrogens with one attached hydrogen (secondary N) is 2. The Morgan fingerprint density at radius 2 is 1.58 bits per heavy atom. The molecule has 0 atom stereocenters. The number of rotatable bonds is 2. The maximum absolute atomic E-state index is 5.70. The van der Waals surface area contributed by atoms with Crippen molar-refractivity contribution in [1.82, 2.24) is 0 Å². The fraction of sp³-hybridized carbons (Fsp3) is 0.429. The fourth-order valence-corrected chi connectivity index (χ4v) is 2.62. The molecule has 1 fully saturated rings. The van der Waals surface area contributed by atoms with Gasteiger partial charge in [-0.25, -0.2) is 4.99 Å². The van der Waals surface area contributed by atoms with Crippen molar-refractivity contribution in [2.75, 3.05) is 0 Å². The second-order valence-electron chi connectivity index (χ2n) is 5.08. The summed E-state index contributed by atoms with van der Waals surface area (Å²) in [6.45, 7) is 0. The van der Waals surface area contributed by atoms with Crippen LogP contribution >= 0.6 is 0 Å². The number of hydrogen-bond acceptors (Lipinski definition) is 0. The molecule has 8 N–H and O–H groups in total. The van der Waals surface area contributed by atoms with Crippen molar-refractivity contribution in [3.8, 4) is 0 Å². The van der Waals surface area contributed by atoms with Gasteiger partial charge in [0.1, 0.15) is 5.69 Å². The molecule has 0 spiro atoms. The van der Waals surface area contributed by atoms with Gasteiger partial charge in [0, 0.05) is 0 Å². The zero-order valence-corrected chi connectivity index (χ0v) is 11.2. The SMILES string of the molecule is NC(N)=[NH+]C(N)=[NH+]c1ccc(C2CCCCC2)cc1. The molecule has 102 valence electrons. The van der Waals surface area contributed by atoms with E-state index >= 15 is 0 Å². The number of benzene rings is 1. The average Bonchev–Trinajstić information content (AvgIpc) is 2.39. The molecule has 1 aromatic rings. The number of hydrogen-bond donors (Lipinski definition) is 5. The van der Waals surface area contributed by atoms with Crippen LogP contribution in [-0.4, -0.2) is 11.9 Å². The molecule has 5 heteroatoms. The first kappa shape index (κ1) is 13.4. The molecule has 5 nitrogen and oxygen atoms in total. The van der Waals surface area contributed by atoms with E-state index in [2.05, 4.69) is 22.1 Å². The van der Waals surface area contributed by atoms with Gasteiger partial charge in [0.05, 0.1) is 0 Å². The van der Waals surface area contributed by atoms with Gasteiger partial charge >= 0.3 is 11.9 Å². The van der Waals surface area contributed by atoms with E-state index < -0.39 is 0 Å². The van der Waals surface area contributed by atoms with Crippen LogP contribution in [0, 0.1) is 0 Å². The van der Waals surface area contributed by atoms with E-state index in [1.54, 1.807) is 0 Å². The summed E-state index contributed by atoms with van der Waals surface area (Å²) in [6.07, 6.45) is 6.69. The Hall–Kier alpha value is -2.04. The molecule has 2 rings (SSSR count). The molecular formula is C14H23N5+2. The van der Waals surface area contributed by atoms with Crippen LogP contribution in [0.25, 0.3) is 0 Å². The smallest absolute Gasteiger partial charge is 0.275 e. The summed E-state index contributed by atoms with van der Waals surface area (Å²) in [4.78, 5) is 5.63. The lowest BCUT2D eigenvalue weighted by atomic mass is 9.84. The first-order valence-corrected chi connectivity index (χ1v) is 6.79. The van der Waals surface area contributed by atoms with Crippen LogP contribution in [-0.2, 0) is 0 Å². The molecule has 1 saturated carbocycles. The van der Waals surface area contributed by atoms with Crippen LogP contribution in [0.4, 0.5) is 5.69 Å². The summed E-state index contributed by atoms with van der Waals surface area (Å²) < 4.78 is 0. The van der Waals surface area contributed by atoms with Gasteiger partial charge < -0.3 is 0 Å². The predicted molar refractivity (Wildman–Crippen MR) is 76.4 cm³/mol. The first-order chi connectivity index (χ1) is 9.15. The summed E-state index contributed by atoms with van der Waals surface area (Å²) in [5, 5.41) is 0. The van der Waals surface area contributed by atoms with Gasteiger partial charge in [0.2, 0.25) is 0 Å². The van der Waals surface area contributed by atoms with Gasteiger partial charge in [0.15, 0.2) is 0 Å². The van der Waals surface area contributed by atoms with E-state index in [1.165, 1.54) is 37.7 Å². The molecule has 0 aliphatic heterocycles. The van der Waals surface area contributed by atoms with E-state index in [0.29, 0.717) is 5.96 Å². The maximum atomic E-state index is 5.70. The molecule has 1 aromatic carbocycles. The second kappa shape index (κ2) is 6.22. The van der Waals surface area contributed by atoms with Gasteiger partial charge in [-0.2, -0.15) is 4.99 Å². The zero-order chi connectivity index (χ0) is 13.7. The molecule has 19 heavy (non-hydrogen) atoms. The predicted octanol–water partition coefficient (Wildman–Crippen LogP) is -1.88. The molecule has 0 amide bonds. The lowest BCUT2D eigenvalue weighted by Crippen LogP contribution is -2.96. The van der Waals surface area contributed by atoms with E-state index in [4.69, 9.17) is 17.2 Å². The third-order valence-electron chi connectivity index (χ3n) is 3.55. The Balaban J connectivity index is 2.07. The zero-order valence-electron chi connectivity index (χ0n) is 11.2. The minimum Gasteiger partial charge on any atom is -0.275 e. The molecule has 0 bridgehead atoms. The monoisotopic (exact) mass is 261 g/mol. The molecular weight excluding hydrogens is 238 g/mol. The van der Waals surface area contributed by atoms with Gasteiger partial charge in [-0.05, 0) is 36.5 Å². The molecule has 0 aromatic heterocycles. The highest BCUT2D eigenvalue weighted by Gasteiger charge is 2.15. The lowest BCUT2D eigenvalue weighted by Gasteiger charge is -2.21. The topological polar surface area (TPSA) is 106 Å². The van der Waals surface area contributed by atoms with Crippen LogP contribution in [0.3, 0.4) is 0 Å². The Morgan fingerprint density at radius 3 is 2.16 bits per heavy atom. The highest BCUT2D eigenvalue weighted by atomic mass is 15.1. The molecule has 0 heterocycles. The van der Waals surface area contributed by atoms with Crippen molar-refractivity contribution < 1.29 is 9.98 Å². The summed E-state index contributed by atoms with van der Waals surface area (Å²) >= 11 is 0. The van der Waals surface area contributed by atoms with E-state index in [-0.39, 0.29) is 5.96 Å². The standard InChI is InChI=1S/C14H21N5/c15-13(16)19-14(17)18-12-8-6-11(7-9-12)10-4-2-1-3-5-10/h6-10H,1-5H2,(H6,15,16,17,18,19)/p+2. The Kier molecular flexibility index (Phi) is 4.39. The fourth-order valence-electron chi connectivity index (χ4n) is 2.62. The van der Waals surface area contributed by atoms with Crippen LogP contribution in [0.5, 0.6) is 0 Å². The second-order valence-corrected chi connectivity index (χ2v) is 5.08. The minimum absolute atomic E-state index is 0.0730. The van der Waals surface area contributed by atoms with Crippen LogP contribution in [0.15, 0.2) is 24.3 Å². The van der Waals surface area contributed by atoms with Gasteiger partial charge in [-0.15, -0.1) is 0 Å². The van der Waals surface area contributed by atoms with Crippen molar-refractivity contribution in [3.63, 3.8) is 0 Å². The number of nitrogens with two attached hydrogens (primary N) is 3. The third kappa shape index (κ3) is 3.98. The largest absolute Gasteiger partial charge is 0.390 e. The highest BCUT2D eigenvalue weighted by Crippen LogP contribution is 2.32. The van der Waals surface area contributed by atoms with Crippen molar-refractivity contribution in [2.24, 2.45) is 17.2 Å². The highest BCUT2D eigenvalue weighted by molar-refractivity contribution is 5.75. The lowest BCUT2D eigenvalue weighted by molar-refractivity contribution is -0.459. The van der Waals surface area contributed by atoms with E-state index in [9.17, 15) is 0 Å². The summed E-state index contributed by atoms with van der Waals surface area (Å²) in [5.74, 6) is 1.12. The van der Waals surface area contributed by atoms with Crippen LogP contribution in [0.2, 0.25) is 0 Å². The first-order valence-electron chi connectivity index (χ1n) is 6.79.